The summed E-state index contributed by atoms with van der Waals surface area (Å²) in [5, 5.41) is 6.42. The molecule has 1 saturated carbocycles. The first-order valence-corrected chi connectivity index (χ1v) is 6.79. The van der Waals surface area contributed by atoms with E-state index in [9.17, 15) is 4.79 Å². The molecule has 3 nitrogen and oxygen atoms in total. The molecule has 0 aromatic heterocycles. The van der Waals surface area contributed by atoms with E-state index in [4.69, 9.17) is 0 Å². The summed E-state index contributed by atoms with van der Waals surface area (Å²) < 4.78 is 0. The van der Waals surface area contributed by atoms with Crippen LogP contribution in [0.1, 0.15) is 39.5 Å². The molecule has 98 valence electrons. The van der Waals surface area contributed by atoms with Crippen molar-refractivity contribution in [2.75, 3.05) is 5.32 Å². The van der Waals surface area contributed by atoms with Crippen molar-refractivity contribution in [2.45, 2.75) is 51.1 Å². The van der Waals surface area contributed by atoms with E-state index in [0.717, 1.165) is 12.1 Å². The molecule has 2 rings (SSSR count). The second-order valence-electron chi connectivity index (χ2n) is 5.21. The maximum absolute atomic E-state index is 12.1. The van der Waals surface area contributed by atoms with E-state index in [2.05, 4.69) is 17.6 Å². The van der Waals surface area contributed by atoms with Crippen LogP contribution in [0.5, 0.6) is 0 Å². The third-order valence-corrected chi connectivity index (χ3v) is 3.94. The number of carbonyl (C=O) groups is 1. The van der Waals surface area contributed by atoms with Crippen molar-refractivity contribution in [3.63, 3.8) is 0 Å². The van der Waals surface area contributed by atoms with Crippen molar-refractivity contribution >= 4 is 11.6 Å². The van der Waals surface area contributed by atoms with E-state index in [1.165, 1.54) is 19.3 Å². The van der Waals surface area contributed by atoms with Crippen molar-refractivity contribution < 1.29 is 4.79 Å². The summed E-state index contributed by atoms with van der Waals surface area (Å²) >= 11 is 0. The molecule has 0 spiro atoms. The average Bonchev–Trinajstić information content (AvgIpc) is 2.34. The van der Waals surface area contributed by atoms with Crippen molar-refractivity contribution in [1.82, 2.24) is 5.32 Å². The second kappa shape index (κ2) is 5.53. The highest BCUT2D eigenvalue weighted by Crippen LogP contribution is 2.35. The third kappa shape index (κ3) is 2.91. The van der Waals surface area contributed by atoms with Crippen LogP contribution in [0.3, 0.4) is 0 Å². The number of hydrogen-bond donors (Lipinski definition) is 2. The molecule has 0 bridgehead atoms. The summed E-state index contributed by atoms with van der Waals surface area (Å²) in [6.07, 6.45) is 4.74. The van der Waals surface area contributed by atoms with E-state index in [0.29, 0.717) is 0 Å². The van der Waals surface area contributed by atoms with Gasteiger partial charge >= 0.3 is 0 Å². The predicted molar refractivity (Wildman–Crippen MR) is 74.5 cm³/mol. The molecule has 2 N–H and O–H groups in total. The second-order valence-corrected chi connectivity index (χ2v) is 5.21. The number of para-hydroxylation sites is 1. The highest BCUT2D eigenvalue weighted by molar-refractivity contribution is 5.94. The fraction of sp³-hybridized carbons (Fsp3) is 0.533. The molecule has 1 amide bonds. The number of nitrogens with one attached hydrogen (secondary N) is 2. The molecule has 1 atom stereocenters. The fourth-order valence-electron chi connectivity index (χ4n) is 2.50. The molecule has 1 aromatic rings. The molecule has 0 aliphatic heterocycles. The molecule has 0 radical (unpaired) electrons. The van der Waals surface area contributed by atoms with Crippen LogP contribution in [-0.2, 0) is 4.79 Å². The predicted octanol–water partition coefficient (Wildman–Crippen LogP) is 2.94. The van der Waals surface area contributed by atoms with Crippen molar-refractivity contribution in [3.05, 3.63) is 30.3 Å². The smallest absolute Gasteiger partial charge is 0.241 e. The van der Waals surface area contributed by atoms with Gasteiger partial charge < -0.3 is 10.6 Å². The highest BCUT2D eigenvalue weighted by Gasteiger charge is 2.36. The Labute approximate surface area is 109 Å². The van der Waals surface area contributed by atoms with Crippen LogP contribution in [-0.4, -0.2) is 17.5 Å². The Morgan fingerprint density at radius 3 is 2.50 bits per heavy atom. The fourth-order valence-corrected chi connectivity index (χ4v) is 2.50. The van der Waals surface area contributed by atoms with Gasteiger partial charge in [-0.3, -0.25) is 4.79 Å². The summed E-state index contributed by atoms with van der Waals surface area (Å²) in [5.41, 5.74) is 1.06. The van der Waals surface area contributed by atoms with E-state index < -0.39 is 0 Å². The topological polar surface area (TPSA) is 41.1 Å². The minimum Gasteiger partial charge on any atom is -0.325 e. The van der Waals surface area contributed by atoms with Crippen LogP contribution in [0.4, 0.5) is 5.69 Å². The Kier molecular flexibility index (Phi) is 4.02. The Bertz CT molecular complexity index is 393. The van der Waals surface area contributed by atoms with Crippen molar-refractivity contribution in [1.29, 1.82) is 0 Å². The molecule has 1 aromatic carbocycles. The van der Waals surface area contributed by atoms with Gasteiger partial charge in [0.25, 0.3) is 0 Å². The lowest BCUT2D eigenvalue weighted by molar-refractivity contribution is -0.118. The van der Waals surface area contributed by atoms with E-state index in [1.807, 2.05) is 37.3 Å². The number of rotatable bonds is 5. The van der Waals surface area contributed by atoms with Gasteiger partial charge in [0.15, 0.2) is 0 Å². The van der Waals surface area contributed by atoms with E-state index >= 15 is 0 Å². The first kappa shape index (κ1) is 13.1. The number of hydrogen-bond acceptors (Lipinski definition) is 2. The Morgan fingerprint density at radius 2 is 2.00 bits per heavy atom. The minimum atomic E-state index is -0.148. The quantitative estimate of drug-likeness (QED) is 0.838. The summed E-state index contributed by atoms with van der Waals surface area (Å²) in [6, 6.07) is 9.45. The van der Waals surface area contributed by atoms with Gasteiger partial charge in [-0.15, -0.1) is 0 Å². The maximum Gasteiger partial charge on any atom is 0.241 e. The molecular formula is C15H22N2O. The van der Waals surface area contributed by atoms with Crippen molar-refractivity contribution in [3.8, 4) is 0 Å². The Hall–Kier alpha value is -1.35. The zero-order chi connectivity index (χ0) is 13.0. The van der Waals surface area contributed by atoms with Gasteiger partial charge in [0.2, 0.25) is 5.91 Å². The summed E-state index contributed by atoms with van der Waals surface area (Å²) in [6.45, 7) is 4.13. The standard InChI is InChI=1S/C15H22N2O/c1-3-15(10-7-11-15)17-12(2)14(18)16-13-8-5-4-6-9-13/h4-6,8-9,12,17H,3,7,10-11H2,1-2H3,(H,16,18). The minimum absolute atomic E-state index is 0.0425. The van der Waals surface area contributed by atoms with Gasteiger partial charge in [-0.1, -0.05) is 25.1 Å². The highest BCUT2D eigenvalue weighted by atomic mass is 16.2. The molecule has 1 unspecified atom stereocenters. The van der Waals surface area contributed by atoms with Crippen LogP contribution >= 0.6 is 0 Å². The number of benzene rings is 1. The number of anilines is 1. The molecule has 1 aliphatic rings. The molecule has 18 heavy (non-hydrogen) atoms. The molecule has 3 heteroatoms. The number of amides is 1. The van der Waals surface area contributed by atoms with Gasteiger partial charge in [0.1, 0.15) is 0 Å². The summed E-state index contributed by atoms with van der Waals surface area (Å²) in [7, 11) is 0. The first-order chi connectivity index (χ1) is 8.65. The Morgan fingerprint density at radius 1 is 1.33 bits per heavy atom. The van der Waals surface area contributed by atoms with Crippen LogP contribution in [0.25, 0.3) is 0 Å². The average molecular weight is 246 g/mol. The van der Waals surface area contributed by atoms with Crippen LogP contribution in [0.15, 0.2) is 30.3 Å². The monoisotopic (exact) mass is 246 g/mol. The van der Waals surface area contributed by atoms with Gasteiger partial charge in [-0.25, -0.2) is 0 Å². The molecule has 0 saturated heterocycles. The SMILES string of the molecule is CCC1(NC(C)C(=O)Nc2ccccc2)CCC1. The molecule has 0 heterocycles. The lowest BCUT2D eigenvalue weighted by atomic mass is 9.74. The van der Waals surface area contributed by atoms with Gasteiger partial charge in [-0.2, -0.15) is 0 Å². The summed E-state index contributed by atoms with van der Waals surface area (Å²) in [4.78, 5) is 12.1. The van der Waals surface area contributed by atoms with E-state index in [1.54, 1.807) is 0 Å². The van der Waals surface area contributed by atoms with Crippen LogP contribution in [0, 0.1) is 0 Å². The van der Waals surface area contributed by atoms with Crippen molar-refractivity contribution in [2.24, 2.45) is 0 Å². The number of carbonyl (C=O) groups excluding carboxylic acids is 1. The lowest BCUT2D eigenvalue weighted by Crippen LogP contribution is -2.56. The zero-order valence-electron chi connectivity index (χ0n) is 11.2. The third-order valence-electron chi connectivity index (χ3n) is 3.94. The van der Waals surface area contributed by atoms with Crippen LogP contribution in [0.2, 0.25) is 0 Å². The van der Waals surface area contributed by atoms with E-state index in [-0.39, 0.29) is 17.5 Å². The first-order valence-electron chi connectivity index (χ1n) is 6.79. The Balaban J connectivity index is 1.89. The molecular weight excluding hydrogens is 224 g/mol. The van der Waals surface area contributed by atoms with Gasteiger partial charge in [0.05, 0.1) is 6.04 Å². The molecule has 1 fully saturated rings. The van der Waals surface area contributed by atoms with Gasteiger partial charge in [0, 0.05) is 11.2 Å². The molecule has 1 aliphatic carbocycles. The zero-order valence-corrected chi connectivity index (χ0v) is 11.2. The normalized spacial score (nSPS) is 18.8. The van der Waals surface area contributed by atoms with Crippen LogP contribution < -0.4 is 10.6 Å². The summed E-state index contributed by atoms with van der Waals surface area (Å²) in [5.74, 6) is 0.0425. The maximum atomic E-state index is 12.1. The lowest BCUT2D eigenvalue weighted by Gasteiger charge is -2.44. The van der Waals surface area contributed by atoms with Gasteiger partial charge in [-0.05, 0) is 44.7 Å². The largest absolute Gasteiger partial charge is 0.325 e.